The van der Waals surface area contributed by atoms with Crippen molar-refractivity contribution >= 4 is 24.4 Å². The van der Waals surface area contributed by atoms with Crippen LogP contribution in [0.15, 0.2) is 48.5 Å². The third kappa shape index (κ3) is 14.2. The SMILES string of the molecule is COC(=O)[C@H](Cc1ccc(OC(=O)OCCC(C)C)c(OC(=O)OCCC(C)C)c1)NCC(C)OC(=O)Oc1ccccc1. The molecule has 44 heavy (non-hydrogen) atoms. The Kier molecular flexibility index (Phi) is 15.5. The lowest BCUT2D eigenvalue weighted by atomic mass is 10.0. The van der Waals surface area contributed by atoms with Crippen LogP contribution >= 0.6 is 0 Å². The standard InChI is InChI=1S/C32H43NO11/c1-21(2)14-16-39-30(35)43-27-13-12-24(19-28(27)44-31(36)40-17-15-22(3)4)18-26(29(34)38-6)33-20-23(5)41-32(37)42-25-10-8-7-9-11-25/h7-13,19,21-23,26,33H,14-18,20H2,1-6H3/t23?,26-/m0/s1. The average Bonchev–Trinajstić information content (AvgIpc) is 2.96. The number of methoxy groups -OCH3 is 1. The third-order valence-corrected chi connectivity index (χ3v) is 6.04. The molecule has 2 aromatic rings. The number of hydrogen-bond acceptors (Lipinski definition) is 12. The second-order valence-corrected chi connectivity index (χ2v) is 10.8. The third-order valence-electron chi connectivity index (χ3n) is 6.04. The first-order valence-electron chi connectivity index (χ1n) is 14.5. The van der Waals surface area contributed by atoms with Gasteiger partial charge in [-0.3, -0.25) is 4.79 Å². The van der Waals surface area contributed by atoms with Gasteiger partial charge in [0.15, 0.2) is 11.5 Å². The number of ether oxygens (including phenoxy) is 7. The molecule has 12 nitrogen and oxygen atoms in total. The molecule has 0 radical (unpaired) electrons. The highest BCUT2D eigenvalue weighted by atomic mass is 16.7. The van der Waals surface area contributed by atoms with E-state index in [1.165, 1.54) is 19.2 Å². The molecule has 1 unspecified atom stereocenters. The van der Waals surface area contributed by atoms with Crippen molar-refractivity contribution in [1.82, 2.24) is 5.32 Å². The second-order valence-electron chi connectivity index (χ2n) is 10.8. The van der Waals surface area contributed by atoms with Crippen LogP contribution in [-0.4, -0.2) is 63.4 Å². The number of hydrogen-bond donors (Lipinski definition) is 1. The smallest absolute Gasteiger partial charge is 0.468 e. The molecule has 2 rings (SSSR count). The van der Waals surface area contributed by atoms with Crippen molar-refractivity contribution in [3.05, 3.63) is 54.1 Å². The van der Waals surface area contributed by atoms with Gasteiger partial charge in [-0.15, -0.1) is 0 Å². The van der Waals surface area contributed by atoms with Crippen LogP contribution in [0.4, 0.5) is 14.4 Å². The first kappa shape index (κ1) is 35.9. The summed E-state index contributed by atoms with van der Waals surface area (Å²) in [5.41, 5.74) is 0.537. The molecule has 12 heteroatoms. The minimum atomic E-state index is -0.975. The highest BCUT2D eigenvalue weighted by Crippen LogP contribution is 2.30. The summed E-state index contributed by atoms with van der Waals surface area (Å²) in [6.07, 6.45) is -2.09. The zero-order chi connectivity index (χ0) is 32.5. The van der Waals surface area contributed by atoms with E-state index >= 15 is 0 Å². The van der Waals surface area contributed by atoms with Crippen molar-refractivity contribution in [3.63, 3.8) is 0 Å². The van der Waals surface area contributed by atoms with Gasteiger partial charge >= 0.3 is 24.4 Å². The summed E-state index contributed by atoms with van der Waals surface area (Å²) in [5.74, 6) is 0.246. The normalized spacial score (nSPS) is 12.2. The maximum absolute atomic E-state index is 12.6. The highest BCUT2D eigenvalue weighted by molar-refractivity contribution is 5.76. The number of carbonyl (C=O) groups is 4. The van der Waals surface area contributed by atoms with E-state index in [-0.39, 0.29) is 37.7 Å². The molecule has 1 N–H and O–H groups in total. The van der Waals surface area contributed by atoms with Crippen LogP contribution in [0.2, 0.25) is 0 Å². The summed E-state index contributed by atoms with van der Waals surface area (Å²) in [4.78, 5) is 49.3. The summed E-state index contributed by atoms with van der Waals surface area (Å²) in [6.45, 7) is 10.0. The summed E-state index contributed by atoms with van der Waals surface area (Å²) in [5, 5.41) is 3.02. The molecule has 0 saturated carbocycles. The molecule has 0 bridgehead atoms. The first-order chi connectivity index (χ1) is 21.0. The Morgan fingerprint density at radius 3 is 1.89 bits per heavy atom. The lowest BCUT2D eigenvalue weighted by Crippen LogP contribution is -2.43. The van der Waals surface area contributed by atoms with Crippen molar-refractivity contribution in [2.75, 3.05) is 26.9 Å². The largest absolute Gasteiger partial charge is 0.514 e. The van der Waals surface area contributed by atoms with E-state index in [9.17, 15) is 19.2 Å². The fourth-order valence-electron chi connectivity index (χ4n) is 3.58. The maximum Gasteiger partial charge on any atom is 0.514 e. The molecule has 0 aliphatic heterocycles. The van der Waals surface area contributed by atoms with Gasteiger partial charge in [0.05, 0.1) is 20.3 Å². The van der Waals surface area contributed by atoms with Gasteiger partial charge in [-0.05, 0) is 67.9 Å². The Hall–Kier alpha value is -4.32. The van der Waals surface area contributed by atoms with Crippen molar-refractivity contribution in [3.8, 4) is 17.2 Å². The topological polar surface area (TPSA) is 145 Å². The zero-order valence-electron chi connectivity index (χ0n) is 26.2. The van der Waals surface area contributed by atoms with Crippen LogP contribution in [0.25, 0.3) is 0 Å². The Balaban J connectivity index is 2.10. The quantitative estimate of drug-likeness (QED) is 0.132. The van der Waals surface area contributed by atoms with Crippen LogP contribution in [0.1, 0.15) is 53.0 Å². The first-order valence-corrected chi connectivity index (χ1v) is 14.5. The number of rotatable bonds is 16. The number of benzene rings is 2. The predicted octanol–water partition coefficient (Wildman–Crippen LogP) is 6.09. The molecule has 0 spiro atoms. The maximum atomic E-state index is 12.6. The van der Waals surface area contributed by atoms with E-state index in [4.69, 9.17) is 33.2 Å². The minimum absolute atomic E-state index is 0.0642. The predicted molar refractivity (Wildman–Crippen MR) is 160 cm³/mol. The minimum Gasteiger partial charge on any atom is -0.468 e. The Morgan fingerprint density at radius 2 is 1.32 bits per heavy atom. The second kappa shape index (κ2) is 19.1. The fraction of sp³-hybridized carbons (Fsp3) is 0.500. The summed E-state index contributed by atoms with van der Waals surface area (Å²) < 4.78 is 36.3. The molecular weight excluding hydrogens is 574 g/mol. The van der Waals surface area contributed by atoms with Crippen molar-refractivity contribution < 1.29 is 52.3 Å². The van der Waals surface area contributed by atoms with Gasteiger partial charge in [0.2, 0.25) is 0 Å². The number of para-hydroxylation sites is 1. The molecule has 0 fully saturated rings. The van der Waals surface area contributed by atoms with Gasteiger partial charge in [-0.25, -0.2) is 14.4 Å². The van der Waals surface area contributed by atoms with E-state index < -0.39 is 36.6 Å². The molecule has 0 aromatic heterocycles. The van der Waals surface area contributed by atoms with Gasteiger partial charge < -0.3 is 38.5 Å². The molecule has 2 atom stereocenters. The lowest BCUT2D eigenvalue weighted by Gasteiger charge is -2.20. The van der Waals surface area contributed by atoms with Crippen LogP contribution in [0.5, 0.6) is 17.2 Å². The van der Waals surface area contributed by atoms with Gasteiger partial charge in [-0.1, -0.05) is 52.0 Å². The van der Waals surface area contributed by atoms with Gasteiger partial charge in [0.25, 0.3) is 0 Å². The molecule has 242 valence electrons. The van der Waals surface area contributed by atoms with Crippen LogP contribution in [-0.2, 0) is 30.2 Å². The van der Waals surface area contributed by atoms with E-state index in [0.29, 0.717) is 36.0 Å². The van der Waals surface area contributed by atoms with Crippen LogP contribution in [0, 0.1) is 11.8 Å². The van der Waals surface area contributed by atoms with E-state index in [1.54, 1.807) is 43.3 Å². The van der Waals surface area contributed by atoms with Crippen LogP contribution < -0.4 is 19.5 Å². The molecule has 0 heterocycles. The van der Waals surface area contributed by atoms with Crippen molar-refractivity contribution in [1.29, 1.82) is 0 Å². The van der Waals surface area contributed by atoms with E-state index in [2.05, 4.69) is 5.32 Å². The highest BCUT2D eigenvalue weighted by Gasteiger charge is 2.23. The Labute approximate surface area is 258 Å². The molecule has 0 saturated heterocycles. The average molecular weight is 618 g/mol. The number of carbonyl (C=O) groups excluding carboxylic acids is 4. The number of esters is 1. The van der Waals surface area contributed by atoms with Crippen molar-refractivity contribution in [2.24, 2.45) is 11.8 Å². The Morgan fingerprint density at radius 1 is 0.727 bits per heavy atom. The lowest BCUT2D eigenvalue weighted by molar-refractivity contribution is -0.143. The summed E-state index contributed by atoms with van der Waals surface area (Å²) in [6, 6.07) is 12.1. The molecule has 2 aromatic carbocycles. The molecule has 0 amide bonds. The van der Waals surface area contributed by atoms with Gasteiger partial charge in [0.1, 0.15) is 17.9 Å². The fourth-order valence-corrected chi connectivity index (χ4v) is 3.58. The monoisotopic (exact) mass is 617 g/mol. The molecule has 0 aliphatic rings. The van der Waals surface area contributed by atoms with E-state index in [0.717, 1.165) is 0 Å². The van der Waals surface area contributed by atoms with E-state index in [1.807, 2.05) is 27.7 Å². The molecule has 0 aliphatic carbocycles. The summed E-state index contributed by atoms with van der Waals surface area (Å²) in [7, 11) is 1.25. The summed E-state index contributed by atoms with van der Waals surface area (Å²) >= 11 is 0. The number of nitrogens with one attached hydrogen (secondary N) is 1. The van der Waals surface area contributed by atoms with Crippen LogP contribution in [0.3, 0.4) is 0 Å². The van der Waals surface area contributed by atoms with Gasteiger partial charge in [0, 0.05) is 6.54 Å². The van der Waals surface area contributed by atoms with Gasteiger partial charge in [-0.2, -0.15) is 0 Å². The van der Waals surface area contributed by atoms with Crippen molar-refractivity contribution in [2.45, 2.75) is 66.0 Å². The Bertz CT molecular complexity index is 1200. The molecular formula is C32H43NO11. The zero-order valence-corrected chi connectivity index (χ0v) is 26.2.